The van der Waals surface area contributed by atoms with Crippen molar-refractivity contribution in [2.45, 2.75) is 13.0 Å². The third-order valence-corrected chi connectivity index (χ3v) is 4.96. The summed E-state index contributed by atoms with van der Waals surface area (Å²) in [6, 6.07) is 14.0. The number of hydrogen-bond acceptors (Lipinski definition) is 7. The molecule has 0 bridgehead atoms. The van der Waals surface area contributed by atoms with Crippen LogP contribution in [0.15, 0.2) is 42.5 Å². The summed E-state index contributed by atoms with van der Waals surface area (Å²) in [7, 11) is 1.54. The van der Waals surface area contributed by atoms with Crippen molar-refractivity contribution in [2.75, 3.05) is 44.9 Å². The van der Waals surface area contributed by atoms with Gasteiger partial charge in [0.1, 0.15) is 11.9 Å². The lowest BCUT2D eigenvalue weighted by atomic mass is 10.1. The van der Waals surface area contributed by atoms with Crippen molar-refractivity contribution in [1.29, 1.82) is 0 Å². The molecule has 3 aromatic rings. The van der Waals surface area contributed by atoms with Gasteiger partial charge in [-0.15, -0.1) is 0 Å². The SMILES string of the molecule is CO[C@@H](CO)c1nc(N2CCOCC2)cc(-n2nc(-c3ccccc3)cc2C)n1. The summed E-state index contributed by atoms with van der Waals surface area (Å²) in [5.74, 6) is 1.86. The third kappa shape index (κ3) is 4.14. The topological polar surface area (TPSA) is 85.5 Å². The second-order valence-corrected chi connectivity index (χ2v) is 6.90. The molecule has 3 heterocycles. The number of methoxy groups -OCH3 is 1. The highest BCUT2D eigenvalue weighted by Gasteiger charge is 2.21. The molecule has 1 saturated heterocycles. The average Bonchev–Trinajstić information content (AvgIpc) is 3.17. The number of hydrogen-bond donors (Lipinski definition) is 1. The molecule has 2 aromatic heterocycles. The molecule has 152 valence electrons. The van der Waals surface area contributed by atoms with Crippen molar-refractivity contribution in [2.24, 2.45) is 0 Å². The molecule has 8 nitrogen and oxygen atoms in total. The monoisotopic (exact) mass is 395 g/mol. The number of morpholine rings is 1. The lowest BCUT2D eigenvalue weighted by Crippen LogP contribution is -2.37. The van der Waals surface area contributed by atoms with Gasteiger partial charge in [0, 0.05) is 37.5 Å². The Hall–Kier alpha value is -2.81. The predicted octanol–water partition coefficient (Wildman–Crippen LogP) is 2.15. The van der Waals surface area contributed by atoms with Gasteiger partial charge >= 0.3 is 0 Å². The maximum absolute atomic E-state index is 9.69. The van der Waals surface area contributed by atoms with Crippen molar-refractivity contribution < 1.29 is 14.6 Å². The fourth-order valence-electron chi connectivity index (χ4n) is 3.36. The summed E-state index contributed by atoms with van der Waals surface area (Å²) in [5, 5.41) is 14.5. The first kappa shape index (κ1) is 19.5. The fraction of sp³-hybridized carbons (Fsp3) is 0.381. The minimum atomic E-state index is -0.598. The molecular weight excluding hydrogens is 370 g/mol. The van der Waals surface area contributed by atoms with Crippen LogP contribution < -0.4 is 4.90 Å². The maximum Gasteiger partial charge on any atom is 0.164 e. The molecule has 0 aliphatic carbocycles. The van der Waals surface area contributed by atoms with Crippen LogP contribution >= 0.6 is 0 Å². The smallest absolute Gasteiger partial charge is 0.164 e. The Morgan fingerprint density at radius 3 is 2.52 bits per heavy atom. The van der Waals surface area contributed by atoms with Crippen molar-refractivity contribution in [3.63, 3.8) is 0 Å². The first-order valence-corrected chi connectivity index (χ1v) is 9.67. The van der Waals surface area contributed by atoms with Gasteiger partial charge in [-0.05, 0) is 13.0 Å². The Bertz CT molecular complexity index is 950. The highest BCUT2D eigenvalue weighted by atomic mass is 16.5. The number of nitrogens with zero attached hydrogens (tertiary/aromatic N) is 5. The maximum atomic E-state index is 9.69. The van der Waals surface area contributed by atoms with Gasteiger partial charge in [-0.3, -0.25) is 0 Å². The van der Waals surface area contributed by atoms with Gasteiger partial charge < -0.3 is 19.5 Å². The van der Waals surface area contributed by atoms with Crippen LogP contribution in [0.1, 0.15) is 17.6 Å². The van der Waals surface area contributed by atoms with Gasteiger partial charge in [-0.25, -0.2) is 14.6 Å². The summed E-state index contributed by atoms with van der Waals surface area (Å²) in [5.41, 5.74) is 2.88. The molecule has 1 aliphatic heterocycles. The standard InChI is InChI=1S/C21H25N5O3/c1-15-12-17(16-6-4-3-5-7-16)24-26(15)20-13-19(25-8-10-29-11-9-25)22-21(23-20)18(14-27)28-2/h3-7,12-13,18,27H,8-11,14H2,1-2H3/t18-/m0/s1. The molecular formula is C21H25N5O3. The summed E-state index contributed by atoms with van der Waals surface area (Å²) >= 11 is 0. The van der Waals surface area contributed by atoms with Crippen LogP contribution in [0.4, 0.5) is 5.82 Å². The van der Waals surface area contributed by atoms with Crippen LogP contribution in [0.3, 0.4) is 0 Å². The van der Waals surface area contributed by atoms with E-state index in [1.165, 1.54) is 7.11 Å². The molecule has 0 amide bonds. The van der Waals surface area contributed by atoms with E-state index in [0.29, 0.717) is 24.9 Å². The van der Waals surface area contributed by atoms with Gasteiger partial charge in [0.15, 0.2) is 11.6 Å². The molecule has 0 unspecified atom stereocenters. The number of ether oxygens (including phenoxy) is 2. The Morgan fingerprint density at radius 2 is 1.83 bits per heavy atom. The number of aryl methyl sites for hydroxylation is 1. The molecule has 0 saturated carbocycles. The second-order valence-electron chi connectivity index (χ2n) is 6.90. The zero-order valence-electron chi connectivity index (χ0n) is 16.7. The van der Waals surface area contributed by atoms with Crippen LogP contribution in [0, 0.1) is 6.92 Å². The molecule has 1 atom stereocenters. The van der Waals surface area contributed by atoms with E-state index in [1.807, 2.05) is 54.1 Å². The molecule has 1 fully saturated rings. The molecule has 0 radical (unpaired) electrons. The summed E-state index contributed by atoms with van der Waals surface area (Å²) in [6.45, 7) is 4.61. The summed E-state index contributed by atoms with van der Waals surface area (Å²) in [4.78, 5) is 11.5. The number of benzene rings is 1. The minimum absolute atomic E-state index is 0.199. The molecule has 1 N–H and O–H groups in total. The quantitative estimate of drug-likeness (QED) is 0.684. The summed E-state index contributed by atoms with van der Waals surface area (Å²) < 4.78 is 12.6. The van der Waals surface area contributed by atoms with Gasteiger partial charge in [0.2, 0.25) is 0 Å². The molecule has 29 heavy (non-hydrogen) atoms. The number of aromatic nitrogens is 4. The fourth-order valence-corrected chi connectivity index (χ4v) is 3.36. The molecule has 0 spiro atoms. The van der Waals surface area contributed by atoms with Gasteiger partial charge in [0.05, 0.1) is 25.5 Å². The Labute approximate surface area is 169 Å². The van der Waals surface area contributed by atoms with Gasteiger partial charge in [0.25, 0.3) is 0 Å². The second kappa shape index (κ2) is 8.69. The van der Waals surface area contributed by atoms with E-state index in [0.717, 1.165) is 35.9 Å². The van der Waals surface area contributed by atoms with Crippen LogP contribution in [-0.4, -0.2) is 64.9 Å². The van der Waals surface area contributed by atoms with E-state index in [2.05, 4.69) is 14.9 Å². The van der Waals surface area contributed by atoms with E-state index in [-0.39, 0.29) is 6.61 Å². The Balaban J connectivity index is 1.78. The highest BCUT2D eigenvalue weighted by molar-refractivity contribution is 5.60. The largest absolute Gasteiger partial charge is 0.393 e. The van der Waals surface area contributed by atoms with Crippen molar-refractivity contribution in [1.82, 2.24) is 19.7 Å². The average molecular weight is 395 g/mol. The Kier molecular flexibility index (Phi) is 5.84. The molecule has 4 rings (SSSR count). The van der Waals surface area contributed by atoms with Crippen LogP contribution in [0.2, 0.25) is 0 Å². The molecule has 1 aliphatic rings. The van der Waals surface area contributed by atoms with Crippen molar-refractivity contribution in [3.8, 4) is 17.1 Å². The zero-order valence-corrected chi connectivity index (χ0v) is 16.7. The first-order chi connectivity index (χ1) is 14.2. The Morgan fingerprint density at radius 1 is 1.10 bits per heavy atom. The zero-order chi connectivity index (χ0) is 20.2. The van der Waals surface area contributed by atoms with E-state index < -0.39 is 6.10 Å². The third-order valence-electron chi connectivity index (χ3n) is 4.96. The van der Waals surface area contributed by atoms with Crippen LogP contribution in [0.25, 0.3) is 17.1 Å². The number of anilines is 1. The molecule has 8 heteroatoms. The lowest BCUT2D eigenvalue weighted by Gasteiger charge is -2.28. The van der Waals surface area contributed by atoms with Crippen molar-refractivity contribution in [3.05, 3.63) is 54.0 Å². The van der Waals surface area contributed by atoms with E-state index in [1.54, 1.807) is 0 Å². The first-order valence-electron chi connectivity index (χ1n) is 9.67. The number of rotatable bonds is 6. The number of aliphatic hydroxyl groups excluding tert-OH is 1. The predicted molar refractivity (Wildman–Crippen MR) is 109 cm³/mol. The highest BCUT2D eigenvalue weighted by Crippen LogP contribution is 2.24. The summed E-state index contributed by atoms with van der Waals surface area (Å²) in [6.07, 6.45) is -0.598. The van der Waals surface area contributed by atoms with Crippen LogP contribution in [-0.2, 0) is 9.47 Å². The molecule has 1 aromatic carbocycles. The van der Waals surface area contributed by atoms with E-state index >= 15 is 0 Å². The van der Waals surface area contributed by atoms with E-state index in [9.17, 15) is 5.11 Å². The van der Waals surface area contributed by atoms with Crippen LogP contribution in [0.5, 0.6) is 0 Å². The van der Waals surface area contributed by atoms with Crippen molar-refractivity contribution >= 4 is 5.82 Å². The van der Waals surface area contributed by atoms with E-state index in [4.69, 9.17) is 14.6 Å². The van der Waals surface area contributed by atoms with Gasteiger partial charge in [-0.1, -0.05) is 30.3 Å². The normalized spacial score (nSPS) is 15.5. The number of aliphatic hydroxyl groups is 1. The lowest BCUT2D eigenvalue weighted by molar-refractivity contribution is 0.0422. The van der Waals surface area contributed by atoms with Gasteiger partial charge in [-0.2, -0.15) is 5.10 Å². The minimum Gasteiger partial charge on any atom is -0.393 e.